The van der Waals surface area contributed by atoms with Crippen LogP contribution in [0, 0.1) is 5.92 Å². The fourth-order valence-corrected chi connectivity index (χ4v) is 2.53. The molecule has 0 aromatic carbocycles. The lowest BCUT2D eigenvalue weighted by Gasteiger charge is -2.32. The molecule has 0 heterocycles. The van der Waals surface area contributed by atoms with Gasteiger partial charge in [-0.3, -0.25) is 0 Å². The highest BCUT2D eigenvalue weighted by molar-refractivity contribution is 4.78. The van der Waals surface area contributed by atoms with Crippen LogP contribution in [-0.2, 0) is 9.47 Å². The molecule has 0 N–H and O–H groups in total. The second kappa shape index (κ2) is 6.41. The third kappa shape index (κ3) is 3.25. The molecule has 0 bridgehead atoms. The van der Waals surface area contributed by atoms with Gasteiger partial charge in [-0.25, -0.2) is 0 Å². The minimum atomic E-state index is 0.484. The zero-order chi connectivity index (χ0) is 10.4. The van der Waals surface area contributed by atoms with Crippen molar-refractivity contribution in [3.8, 4) is 0 Å². The van der Waals surface area contributed by atoms with E-state index in [0.717, 1.165) is 5.92 Å². The Labute approximate surface area is 88.0 Å². The summed E-state index contributed by atoms with van der Waals surface area (Å²) in [5.74, 6) is 0.770. The van der Waals surface area contributed by atoms with E-state index in [1.807, 2.05) is 14.2 Å². The summed E-state index contributed by atoms with van der Waals surface area (Å²) in [7, 11) is 3.67. The molecule has 0 amide bonds. The Morgan fingerprint density at radius 2 is 1.79 bits per heavy atom. The molecule has 0 aromatic rings. The first kappa shape index (κ1) is 12.0. The fraction of sp³-hybridized carbons (Fsp3) is 1.00. The Morgan fingerprint density at radius 1 is 1.14 bits per heavy atom. The average Bonchev–Trinajstić information content (AvgIpc) is 2.26. The van der Waals surface area contributed by atoms with Gasteiger partial charge in [-0.1, -0.05) is 13.3 Å². The van der Waals surface area contributed by atoms with E-state index >= 15 is 0 Å². The SMILES string of the molecule is CCCC(OC)C1CCC(OC)CC1. The van der Waals surface area contributed by atoms with Crippen molar-refractivity contribution in [1.82, 2.24) is 0 Å². The molecule has 0 saturated heterocycles. The van der Waals surface area contributed by atoms with E-state index in [2.05, 4.69) is 6.92 Å². The summed E-state index contributed by atoms with van der Waals surface area (Å²) in [6, 6.07) is 0. The van der Waals surface area contributed by atoms with Gasteiger partial charge in [0.2, 0.25) is 0 Å². The number of hydrogen-bond donors (Lipinski definition) is 0. The summed E-state index contributed by atoms with van der Waals surface area (Å²) in [5.41, 5.74) is 0. The molecule has 1 atom stereocenters. The van der Waals surface area contributed by atoms with Gasteiger partial charge in [-0.05, 0) is 38.0 Å². The smallest absolute Gasteiger partial charge is 0.0599 e. The minimum absolute atomic E-state index is 0.484. The lowest BCUT2D eigenvalue weighted by molar-refractivity contribution is -0.00453. The number of ether oxygens (including phenoxy) is 2. The zero-order valence-electron chi connectivity index (χ0n) is 9.79. The van der Waals surface area contributed by atoms with Crippen LogP contribution in [0.5, 0.6) is 0 Å². The second-order valence-electron chi connectivity index (χ2n) is 4.34. The Morgan fingerprint density at radius 3 is 2.21 bits per heavy atom. The van der Waals surface area contributed by atoms with Crippen molar-refractivity contribution < 1.29 is 9.47 Å². The summed E-state index contributed by atoms with van der Waals surface area (Å²) < 4.78 is 10.9. The van der Waals surface area contributed by atoms with E-state index < -0.39 is 0 Å². The maximum Gasteiger partial charge on any atom is 0.0599 e. The van der Waals surface area contributed by atoms with Crippen LogP contribution >= 0.6 is 0 Å². The van der Waals surface area contributed by atoms with Gasteiger partial charge < -0.3 is 9.47 Å². The van der Waals surface area contributed by atoms with Gasteiger partial charge in [-0.2, -0.15) is 0 Å². The highest BCUT2D eigenvalue weighted by Crippen LogP contribution is 2.30. The first-order valence-corrected chi connectivity index (χ1v) is 5.87. The predicted molar refractivity (Wildman–Crippen MR) is 58.5 cm³/mol. The van der Waals surface area contributed by atoms with E-state index in [9.17, 15) is 0 Å². The lowest BCUT2D eigenvalue weighted by atomic mass is 9.82. The lowest BCUT2D eigenvalue weighted by Crippen LogP contribution is -2.29. The maximum atomic E-state index is 5.56. The van der Waals surface area contributed by atoms with E-state index in [0.29, 0.717) is 12.2 Å². The Hall–Kier alpha value is -0.0800. The summed E-state index contributed by atoms with van der Waals surface area (Å²) >= 11 is 0. The molecule has 1 aliphatic rings. The molecule has 1 rings (SSSR count). The standard InChI is InChI=1S/C12H24O2/c1-4-5-12(14-3)10-6-8-11(13-2)9-7-10/h10-12H,4-9H2,1-3H3. The predicted octanol–water partition coefficient (Wildman–Crippen LogP) is 3.01. The number of rotatable bonds is 5. The molecule has 1 aliphatic carbocycles. The summed E-state index contributed by atoms with van der Waals surface area (Å²) in [5, 5.41) is 0. The molecule has 84 valence electrons. The topological polar surface area (TPSA) is 18.5 Å². The highest BCUT2D eigenvalue weighted by atomic mass is 16.5. The van der Waals surface area contributed by atoms with Gasteiger partial charge in [0, 0.05) is 14.2 Å². The van der Waals surface area contributed by atoms with Crippen molar-refractivity contribution in [2.45, 2.75) is 57.7 Å². The van der Waals surface area contributed by atoms with Crippen LogP contribution in [0.4, 0.5) is 0 Å². The van der Waals surface area contributed by atoms with Crippen molar-refractivity contribution in [1.29, 1.82) is 0 Å². The van der Waals surface area contributed by atoms with Gasteiger partial charge in [0.15, 0.2) is 0 Å². The van der Waals surface area contributed by atoms with Gasteiger partial charge in [-0.15, -0.1) is 0 Å². The molecule has 1 unspecified atom stereocenters. The van der Waals surface area contributed by atoms with Crippen molar-refractivity contribution in [2.75, 3.05) is 14.2 Å². The molecular formula is C12H24O2. The first-order valence-electron chi connectivity index (χ1n) is 5.87. The van der Waals surface area contributed by atoms with Crippen LogP contribution in [0.2, 0.25) is 0 Å². The second-order valence-corrected chi connectivity index (χ2v) is 4.34. The Bertz CT molecular complexity index is 139. The molecule has 0 spiro atoms. The fourth-order valence-electron chi connectivity index (χ4n) is 2.53. The van der Waals surface area contributed by atoms with Crippen LogP contribution in [0.3, 0.4) is 0 Å². The van der Waals surface area contributed by atoms with Crippen LogP contribution in [0.1, 0.15) is 45.4 Å². The highest BCUT2D eigenvalue weighted by Gasteiger charge is 2.26. The van der Waals surface area contributed by atoms with E-state index in [1.165, 1.54) is 38.5 Å². The quantitative estimate of drug-likeness (QED) is 0.679. The monoisotopic (exact) mass is 200 g/mol. The van der Waals surface area contributed by atoms with Crippen molar-refractivity contribution >= 4 is 0 Å². The molecule has 14 heavy (non-hydrogen) atoms. The molecule has 0 aromatic heterocycles. The normalized spacial score (nSPS) is 30.2. The van der Waals surface area contributed by atoms with Gasteiger partial charge in [0.1, 0.15) is 0 Å². The average molecular weight is 200 g/mol. The summed E-state index contributed by atoms with van der Waals surface area (Å²) in [6.45, 7) is 2.23. The maximum absolute atomic E-state index is 5.56. The van der Waals surface area contributed by atoms with Crippen LogP contribution in [0.15, 0.2) is 0 Å². The molecular weight excluding hydrogens is 176 g/mol. The van der Waals surface area contributed by atoms with E-state index in [4.69, 9.17) is 9.47 Å². The van der Waals surface area contributed by atoms with E-state index in [-0.39, 0.29) is 0 Å². The van der Waals surface area contributed by atoms with Crippen LogP contribution in [0.25, 0.3) is 0 Å². The van der Waals surface area contributed by atoms with E-state index in [1.54, 1.807) is 0 Å². The third-order valence-corrected chi connectivity index (χ3v) is 3.45. The zero-order valence-corrected chi connectivity index (χ0v) is 9.79. The molecule has 1 saturated carbocycles. The number of hydrogen-bond acceptors (Lipinski definition) is 2. The molecule has 1 fully saturated rings. The summed E-state index contributed by atoms with van der Waals surface area (Å²) in [4.78, 5) is 0. The number of methoxy groups -OCH3 is 2. The largest absolute Gasteiger partial charge is 0.381 e. The Balaban J connectivity index is 2.31. The molecule has 0 aliphatic heterocycles. The molecule has 2 heteroatoms. The van der Waals surface area contributed by atoms with Gasteiger partial charge in [0.05, 0.1) is 12.2 Å². The van der Waals surface area contributed by atoms with Crippen molar-refractivity contribution in [2.24, 2.45) is 5.92 Å². The van der Waals surface area contributed by atoms with Crippen LogP contribution < -0.4 is 0 Å². The van der Waals surface area contributed by atoms with Gasteiger partial charge in [0.25, 0.3) is 0 Å². The summed E-state index contributed by atoms with van der Waals surface area (Å²) in [6.07, 6.45) is 8.40. The van der Waals surface area contributed by atoms with Crippen molar-refractivity contribution in [3.05, 3.63) is 0 Å². The Kier molecular flexibility index (Phi) is 5.49. The van der Waals surface area contributed by atoms with Crippen molar-refractivity contribution in [3.63, 3.8) is 0 Å². The van der Waals surface area contributed by atoms with Crippen LogP contribution in [-0.4, -0.2) is 26.4 Å². The third-order valence-electron chi connectivity index (χ3n) is 3.45. The molecule has 2 nitrogen and oxygen atoms in total. The molecule has 0 radical (unpaired) electrons. The minimum Gasteiger partial charge on any atom is -0.381 e. The van der Waals surface area contributed by atoms with Gasteiger partial charge >= 0.3 is 0 Å². The first-order chi connectivity index (χ1) is 6.81.